The Morgan fingerprint density at radius 3 is 2.50 bits per heavy atom. The summed E-state index contributed by atoms with van der Waals surface area (Å²) in [5.74, 6) is -1.65. The lowest BCUT2D eigenvalue weighted by molar-refractivity contribution is -0.123. The average Bonchev–Trinajstić information content (AvgIpc) is 2.70. The smallest absolute Gasteiger partial charge is 0.244 e. The summed E-state index contributed by atoms with van der Waals surface area (Å²) in [5, 5.41) is 0. The first-order valence-electron chi connectivity index (χ1n) is 8.86. The number of primary amides is 1. The van der Waals surface area contributed by atoms with Crippen LogP contribution in [0.2, 0.25) is 0 Å². The highest BCUT2D eigenvalue weighted by Crippen LogP contribution is 2.28. The summed E-state index contributed by atoms with van der Waals surface area (Å²) in [4.78, 5) is 43.0. The molecule has 0 spiro atoms. The van der Waals surface area contributed by atoms with Crippen LogP contribution < -0.4 is 16.4 Å². The van der Waals surface area contributed by atoms with Gasteiger partial charge in [0.2, 0.25) is 17.6 Å². The Labute approximate surface area is 172 Å². The van der Waals surface area contributed by atoms with Crippen LogP contribution in [0.25, 0.3) is 0 Å². The molecule has 0 aliphatic heterocycles. The summed E-state index contributed by atoms with van der Waals surface area (Å²) in [6.45, 7) is 3.39. The SMILES string of the molecule is CC[C@H](C)[C@H](N)C(=O)N(CC(N)=O)c1ccc(Br)cc1C(=O)c1ccccn1. The van der Waals surface area contributed by atoms with Crippen LogP contribution in [0.5, 0.6) is 0 Å². The second-order valence-electron chi connectivity index (χ2n) is 6.51. The van der Waals surface area contributed by atoms with Crippen molar-refractivity contribution in [2.45, 2.75) is 26.3 Å². The van der Waals surface area contributed by atoms with Crippen LogP contribution in [0.4, 0.5) is 5.69 Å². The quantitative estimate of drug-likeness (QED) is 0.602. The van der Waals surface area contributed by atoms with Crippen molar-refractivity contribution >= 4 is 39.2 Å². The van der Waals surface area contributed by atoms with Crippen LogP contribution in [0.15, 0.2) is 47.1 Å². The van der Waals surface area contributed by atoms with E-state index in [0.717, 1.165) is 0 Å². The molecule has 4 N–H and O–H groups in total. The molecule has 2 aromatic rings. The molecule has 8 heteroatoms. The number of carbonyl (C=O) groups is 3. The number of carbonyl (C=O) groups excluding carboxylic acids is 3. The number of hydrogen-bond acceptors (Lipinski definition) is 5. The number of rotatable bonds is 8. The van der Waals surface area contributed by atoms with Gasteiger partial charge in [-0.05, 0) is 36.2 Å². The summed E-state index contributed by atoms with van der Waals surface area (Å²) >= 11 is 3.35. The fourth-order valence-corrected chi connectivity index (χ4v) is 3.04. The number of ketones is 1. The van der Waals surface area contributed by atoms with Gasteiger partial charge in [-0.25, -0.2) is 0 Å². The largest absolute Gasteiger partial charge is 0.368 e. The maximum atomic E-state index is 13.0. The molecule has 0 aliphatic carbocycles. The minimum Gasteiger partial charge on any atom is -0.368 e. The fourth-order valence-electron chi connectivity index (χ4n) is 2.68. The fraction of sp³-hybridized carbons (Fsp3) is 0.300. The molecule has 0 aliphatic rings. The van der Waals surface area contributed by atoms with E-state index in [0.29, 0.717) is 10.9 Å². The number of aromatic nitrogens is 1. The molecule has 0 fully saturated rings. The molecule has 2 atom stereocenters. The summed E-state index contributed by atoms with van der Waals surface area (Å²) in [6.07, 6.45) is 2.20. The summed E-state index contributed by atoms with van der Waals surface area (Å²) < 4.78 is 0.647. The summed E-state index contributed by atoms with van der Waals surface area (Å²) in [5.41, 5.74) is 12.2. The van der Waals surface area contributed by atoms with E-state index in [-0.39, 0.29) is 35.2 Å². The molecule has 7 nitrogen and oxygen atoms in total. The van der Waals surface area contributed by atoms with Crippen molar-refractivity contribution < 1.29 is 14.4 Å². The van der Waals surface area contributed by atoms with Crippen LogP contribution in [-0.2, 0) is 9.59 Å². The molecule has 28 heavy (non-hydrogen) atoms. The predicted octanol–water partition coefficient (Wildman–Crippen LogP) is 2.27. The first kappa shape index (κ1) is 21.7. The Morgan fingerprint density at radius 1 is 1.21 bits per heavy atom. The van der Waals surface area contributed by atoms with Crippen LogP contribution in [0.3, 0.4) is 0 Å². The lowest BCUT2D eigenvalue weighted by Gasteiger charge is -2.28. The predicted molar refractivity (Wildman–Crippen MR) is 111 cm³/mol. The normalized spacial score (nSPS) is 12.9. The highest BCUT2D eigenvalue weighted by atomic mass is 79.9. The lowest BCUT2D eigenvalue weighted by Crippen LogP contribution is -2.50. The second-order valence-corrected chi connectivity index (χ2v) is 7.42. The Balaban J connectivity index is 2.56. The van der Waals surface area contributed by atoms with Crippen molar-refractivity contribution in [1.82, 2.24) is 4.98 Å². The van der Waals surface area contributed by atoms with E-state index in [4.69, 9.17) is 11.5 Å². The van der Waals surface area contributed by atoms with Crippen molar-refractivity contribution in [3.05, 3.63) is 58.3 Å². The van der Waals surface area contributed by atoms with E-state index in [2.05, 4.69) is 20.9 Å². The van der Waals surface area contributed by atoms with Gasteiger partial charge in [0.05, 0.1) is 11.7 Å². The van der Waals surface area contributed by atoms with Crippen molar-refractivity contribution in [2.75, 3.05) is 11.4 Å². The molecule has 148 valence electrons. The Bertz CT molecular complexity index is 873. The van der Waals surface area contributed by atoms with E-state index in [1.165, 1.54) is 11.1 Å². The first-order chi connectivity index (χ1) is 13.3. The van der Waals surface area contributed by atoms with Crippen molar-refractivity contribution in [3.63, 3.8) is 0 Å². The number of nitrogens with two attached hydrogens (primary N) is 2. The number of hydrogen-bond donors (Lipinski definition) is 2. The minimum absolute atomic E-state index is 0.103. The molecule has 1 aromatic heterocycles. The van der Waals surface area contributed by atoms with E-state index in [1.54, 1.807) is 36.4 Å². The maximum absolute atomic E-state index is 13.0. The third kappa shape index (κ3) is 5.02. The number of amides is 2. The monoisotopic (exact) mass is 446 g/mol. The summed E-state index contributed by atoms with van der Waals surface area (Å²) in [7, 11) is 0. The molecule has 0 saturated heterocycles. The van der Waals surface area contributed by atoms with Gasteiger partial charge in [-0.1, -0.05) is 42.3 Å². The second kappa shape index (κ2) is 9.57. The molecule has 0 saturated carbocycles. The van der Waals surface area contributed by atoms with E-state index in [9.17, 15) is 14.4 Å². The molecule has 1 aromatic carbocycles. The van der Waals surface area contributed by atoms with Gasteiger partial charge < -0.3 is 16.4 Å². The van der Waals surface area contributed by atoms with E-state index in [1.807, 2.05) is 13.8 Å². The average molecular weight is 447 g/mol. The topological polar surface area (TPSA) is 119 Å². The lowest BCUT2D eigenvalue weighted by atomic mass is 9.97. The van der Waals surface area contributed by atoms with Crippen molar-refractivity contribution in [1.29, 1.82) is 0 Å². The van der Waals surface area contributed by atoms with Gasteiger partial charge in [0, 0.05) is 16.2 Å². The maximum Gasteiger partial charge on any atom is 0.244 e. The van der Waals surface area contributed by atoms with Crippen LogP contribution >= 0.6 is 15.9 Å². The molecule has 0 radical (unpaired) electrons. The minimum atomic E-state index is -0.828. The van der Waals surface area contributed by atoms with Crippen LogP contribution in [0, 0.1) is 5.92 Å². The third-order valence-electron chi connectivity index (χ3n) is 4.51. The number of benzene rings is 1. The first-order valence-corrected chi connectivity index (χ1v) is 9.66. The van der Waals surface area contributed by atoms with Gasteiger partial charge in [0.25, 0.3) is 0 Å². The zero-order valence-electron chi connectivity index (χ0n) is 15.8. The zero-order chi connectivity index (χ0) is 20.8. The van der Waals surface area contributed by atoms with Crippen LogP contribution in [0.1, 0.15) is 36.3 Å². The van der Waals surface area contributed by atoms with Crippen molar-refractivity contribution in [2.24, 2.45) is 17.4 Å². The van der Waals surface area contributed by atoms with Gasteiger partial charge >= 0.3 is 0 Å². The Morgan fingerprint density at radius 2 is 1.93 bits per heavy atom. The van der Waals surface area contributed by atoms with Gasteiger partial charge in [-0.15, -0.1) is 0 Å². The number of nitrogens with zero attached hydrogens (tertiary/aromatic N) is 2. The standard InChI is InChI=1S/C20H23BrN4O3/c1-3-12(2)18(23)20(28)25(11-17(22)26)16-8-7-13(21)10-14(16)19(27)15-6-4-5-9-24-15/h4-10,12,18H,3,11,23H2,1-2H3,(H2,22,26)/t12-,18-/m0/s1. The number of pyridine rings is 1. The molecule has 1 heterocycles. The highest BCUT2D eigenvalue weighted by Gasteiger charge is 2.30. The van der Waals surface area contributed by atoms with Crippen molar-refractivity contribution in [3.8, 4) is 0 Å². The summed E-state index contributed by atoms with van der Waals surface area (Å²) in [6, 6.07) is 9.01. The Kier molecular flexibility index (Phi) is 7.42. The van der Waals surface area contributed by atoms with Gasteiger partial charge in [-0.2, -0.15) is 0 Å². The molecular formula is C20H23BrN4O3. The van der Waals surface area contributed by atoms with Gasteiger partial charge in [-0.3, -0.25) is 19.4 Å². The highest BCUT2D eigenvalue weighted by molar-refractivity contribution is 9.10. The van der Waals surface area contributed by atoms with E-state index < -0.39 is 17.9 Å². The number of halogens is 1. The van der Waals surface area contributed by atoms with Crippen LogP contribution in [-0.4, -0.2) is 35.2 Å². The molecular weight excluding hydrogens is 424 g/mol. The Hall–Kier alpha value is -2.58. The molecule has 0 bridgehead atoms. The number of anilines is 1. The third-order valence-corrected chi connectivity index (χ3v) is 5.01. The van der Waals surface area contributed by atoms with E-state index >= 15 is 0 Å². The zero-order valence-corrected chi connectivity index (χ0v) is 17.3. The van der Waals surface area contributed by atoms with Gasteiger partial charge in [0.15, 0.2) is 0 Å². The molecule has 2 rings (SSSR count). The molecule has 0 unspecified atom stereocenters. The molecule has 2 amide bonds. The van der Waals surface area contributed by atoms with Gasteiger partial charge in [0.1, 0.15) is 12.2 Å².